The van der Waals surface area contributed by atoms with Gasteiger partial charge >= 0.3 is 0 Å². The normalized spacial score (nSPS) is 12.2. The van der Waals surface area contributed by atoms with Crippen molar-refractivity contribution in [3.63, 3.8) is 0 Å². The Morgan fingerprint density at radius 2 is 1.96 bits per heavy atom. The Hall–Kier alpha value is -2.89. The zero-order valence-corrected chi connectivity index (χ0v) is 14.0. The second-order valence-corrected chi connectivity index (χ2v) is 5.78. The molecule has 25 heavy (non-hydrogen) atoms. The minimum atomic E-state index is -0.709. The molecule has 2 aromatic carbocycles. The van der Waals surface area contributed by atoms with E-state index in [-0.39, 0.29) is 11.3 Å². The quantitative estimate of drug-likeness (QED) is 0.756. The molecular weight excluding hydrogens is 328 g/mol. The number of carbonyl (C=O) groups excluding carboxylic acids is 1. The molecule has 3 rings (SSSR count). The van der Waals surface area contributed by atoms with Crippen LogP contribution in [0.15, 0.2) is 40.8 Å². The summed E-state index contributed by atoms with van der Waals surface area (Å²) in [7, 11) is 1.56. The number of amides is 1. The molecule has 3 aromatic rings. The minimum absolute atomic E-state index is 0.151. The number of aryl methyl sites for hydroxylation is 1. The molecule has 0 saturated heterocycles. The fourth-order valence-corrected chi connectivity index (χ4v) is 2.74. The number of nitrogens with one attached hydrogen (secondary N) is 1. The van der Waals surface area contributed by atoms with E-state index < -0.39 is 23.6 Å². The van der Waals surface area contributed by atoms with Gasteiger partial charge in [-0.1, -0.05) is 6.07 Å². The van der Waals surface area contributed by atoms with Crippen LogP contribution in [-0.4, -0.2) is 13.0 Å². The highest BCUT2D eigenvalue weighted by atomic mass is 19.1. The first-order valence-electron chi connectivity index (χ1n) is 7.73. The van der Waals surface area contributed by atoms with Crippen LogP contribution in [0.1, 0.15) is 34.6 Å². The van der Waals surface area contributed by atoms with Gasteiger partial charge in [0.2, 0.25) is 0 Å². The maximum absolute atomic E-state index is 13.9. The lowest BCUT2D eigenvalue weighted by Gasteiger charge is -2.14. The Bertz CT molecular complexity index is 949. The molecule has 1 heterocycles. The number of hydrogen-bond acceptors (Lipinski definition) is 3. The van der Waals surface area contributed by atoms with E-state index in [9.17, 15) is 13.6 Å². The van der Waals surface area contributed by atoms with E-state index in [1.165, 1.54) is 6.07 Å². The van der Waals surface area contributed by atoms with E-state index in [0.29, 0.717) is 16.9 Å². The summed E-state index contributed by atoms with van der Waals surface area (Å²) >= 11 is 0. The van der Waals surface area contributed by atoms with Crippen LogP contribution in [0.5, 0.6) is 5.75 Å². The fraction of sp³-hybridized carbons (Fsp3) is 0.211. The predicted octanol–water partition coefficient (Wildman–Crippen LogP) is 4.52. The van der Waals surface area contributed by atoms with Crippen LogP contribution in [0, 0.1) is 18.6 Å². The summed E-state index contributed by atoms with van der Waals surface area (Å²) in [6, 6.07) is 7.86. The number of rotatable bonds is 4. The van der Waals surface area contributed by atoms with E-state index in [1.807, 2.05) is 0 Å². The molecule has 4 nitrogen and oxygen atoms in total. The molecule has 1 amide bonds. The standard InChI is InChI=1S/C19H17F2NO3/c1-10-15-9-13(24-3)5-7-17(15)25-18(10)19(23)22-11(2)14-6-4-12(20)8-16(14)21/h4-9,11H,1-3H3,(H,22,23)/t11-/m0/s1. The van der Waals surface area contributed by atoms with Crippen LogP contribution < -0.4 is 10.1 Å². The van der Waals surface area contributed by atoms with E-state index >= 15 is 0 Å². The van der Waals surface area contributed by atoms with Crippen molar-refractivity contribution in [2.75, 3.05) is 7.11 Å². The van der Waals surface area contributed by atoms with E-state index in [0.717, 1.165) is 17.5 Å². The third-order valence-corrected chi connectivity index (χ3v) is 4.13. The third-order valence-electron chi connectivity index (χ3n) is 4.13. The molecule has 1 atom stereocenters. The summed E-state index contributed by atoms with van der Waals surface area (Å²) in [6.07, 6.45) is 0. The molecule has 1 N–H and O–H groups in total. The number of methoxy groups -OCH3 is 1. The molecule has 0 spiro atoms. The van der Waals surface area contributed by atoms with Gasteiger partial charge in [-0.2, -0.15) is 0 Å². The smallest absolute Gasteiger partial charge is 0.287 e. The zero-order valence-electron chi connectivity index (χ0n) is 14.0. The fourth-order valence-electron chi connectivity index (χ4n) is 2.74. The SMILES string of the molecule is COc1ccc2oc(C(=O)N[C@@H](C)c3ccc(F)cc3F)c(C)c2c1. The lowest BCUT2D eigenvalue weighted by Crippen LogP contribution is -2.27. The summed E-state index contributed by atoms with van der Waals surface area (Å²) in [6.45, 7) is 3.39. The van der Waals surface area contributed by atoms with Gasteiger partial charge in [0.1, 0.15) is 23.0 Å². The van der Waals surface area contributed by atoms with Crippen LogP contribution in [0.4, 0.5) is 8.78 Å². The van der Waals surface area contributed by atoms with Crippen molar-refractivity contribution in [1.29, 1.82) is 0 Å². The maximum Gasteiger partial charge on any atom is 0.287 e. The molecule has 0 aliphatic carbocycles. The largest absolute Gasteiger partial charge is 0.497 e. The van der Waals surface area contributed by atoms with Crippen molar-refractivity contribution in [1.82, 2.24) is 5.32 Å². The Balaban J connectivity index is 1.88. The van der Waals surface area contributed by atoms with Crippen molar-refractivity contribution < 1.29 is 22.7 Å². The molecular formula is C19H17F2NO3. The number of benzene rings is 2. The van der Waals surface area contributed by atoms with Crippen molar-refractivity contribution >= 4 is 16.9 Å². The Labute approximate surface area is 143 Å². The second kappa shape index (κ2) is 6.55. The highest BCUT2D eigenvalue weighted by Crippen LogP contribution is 2.29. The molecule has 0 aliphatic heterocycles. The van der Waals surface area contributed by atoms with Crippen LogP contribution in [0.25, 0.3) is 11.0 Å². The number of furan rings is 1. The molecule has 130 valence electrons. The highest BCUT2D eigenvalue weighted by molar-refractivity contribution is 5.99. The second-order valence-electron chi connectivity index (χ2n) is 5.78. The molecule has 0 fully saturated rings. The average Bonchev–Trinajstić information content (AvgIpc) is 2.91. The van der Waals surface area contributed by atoms with Gasteiger partial charge in [0, 0.05) is 22.6 Å². The van der Waals surface area contributed by atoms with Crippen molar-refractivity contribution in [2.24, 2.45) is 0 Å². The van der Waals surface area contributed by atoms with E-state index in [1.54, 1.807) is 39.2 Å². The summed E-state index contributed by atoms with van der Waals surface area (Å²) in [5.74, 6) is -1.03. The van der Waals surface area contributed by atoms with Crippen LogP contribution >= 0.6 is 0 Å². The first kappa shape index (κ1) is 17.0. The van der Waals surface area contributed by atoms with Crippen molar-refractivity contribution in [2.45, 2.75) is 19.9 Å². The summed E-state index contributed by atoms with van der Waals surface area (Å²) in [4.78, 5) is 12.5. The van der Waals surface area contributed by atoms with E-state index in [2.05, 4.69) is 5.32 Å². The summed E-state index contributed by atoms with van der Waals surface area (Å²) in [5.41, 5.74) is 1.42. The van der Waals surface area contributed by atoms with Gasteiger partial charge in [-0.3, -0.25) is 4.79 Å². The van der Waals surface area contributed by atoms with Crippen LogP contribution in [0.2, 0.25) is 0 Å². The summed E-state index contributed by atoms with van der Waals surface area (Å²) < 4.78 is 37.7. The topological polar surface area (TPSA) is 51.5 Å². The zero-order chi connectivity index (χ0) is 18.1. The van der Waals surface area contributed by atoms with Gasteiger partial charge in [-0.05, 0) is 38.1 Å². The molecule has 0 radical (unpaired) electrons. The van der Waals surface area contributed by atoms with Crippen LogP contribution in [0.3, 0.4) is 0 Å². The number of fused-ring (bicyclic) bond motifs is 1. The Morgan fingerprint density at radius 1 is 1.20 bits per heavy atom. The first-order chi connectivity index (χ1) is 11.9. The summed E-state index contributed by atoms with van der Waals surface area (Å²) in [5, 5.41) is 3.45. The van der Waals surface area contributed by atoms with Crippen LogP contribution in [-0.2, 0) is 0 Å². The van der Waals surface area contributed by atoms with Gasteiger partial charge in [0.05, 0.1) is 13.2 Å². The predicted molar refractivity (Wildman–Crippen MR) is 89.7 cm³/mol. The Kier molecular flexibility index (Phi) is 4.44. The van der Waals surface area contributed by atoms with Crippen molar-refractivity contribution in [3.05, 3.63) is 64.9 Å². The number of ether oxygens (including phenoxy) is 1. The monoisotopic (exact) mass is 345 g/mol. The lowest BCUT2D eigenvalue weighted by molar-refractivity contribution is 0.0912. The molecule has 0 unspecified atom stereocenters. The van der Waals surface area contributed by atoms with Gasteiger partial charge in [-0.25, -0.2) is 8.78 Å². The van der Waals surface area contributed by atoms with E-state index in [4.69, 9.17) is 9.15 Å². The number of carbonyl (C=O) groups is 1. The first-order valence-corrected chi connectivity index (χ1v) is 7.73. The molecule has 1 aromatic heterocycles. The maximum atomic E-state index is 13.9. The van der Waals surface area contributed by atoms with Crippen molar-refractivity contribution in [3.8, 4) is 5.75 Å². The van der Waals surface area contributed by atoms with Gasteiger partial charge in [0.25, 0.3) is 5.91 Å². The third kappa shape index (κ3) is 3.20. The molecule has 0 saturated carbocycles. The lowest BCUT2D eigenvalue weighted by atomic mass is 10.1. The molecule has 0 bridgehead atoms. The van der Waals surface area contributed by atoms with Gasteiger partial charge in [-0.15, -0.1) is 0 Å². The molecule has 6 heteroatoms. The number of hydrogen-bond donors (Lipinski definition) is 1. The molecule has 0 aliphatic rings. The van der Waals surface area contributed by atoms with Gasteiger partial charge < -0.3 is 14.5 Å². The average molecular weight is 345 g/mol. The minimum Gasteiger partial charge on any atom is -0.497 e. The van der Waals surface area contributed by atoms with Gasteiger partial charge in [0.15, 0.2) is 5.76 Å². The highest BCUT2D eigenvalue weighted by Gasteiger charge is 2.21. The number of halogens is 2. The Morgan fingerprint density at radius 3 is 2.64 bits per heavy atom.